The monoisotopic (exact) mass is 558 g/mol. The van der Waals surface area contributed by atoms with Gasteiger partial charge in [-0.3, -0.25) is 5.32 Å². The molecule has 3 aromatic rings. The number of nitrogens with zero attached hydrogens (tertiary/aromatic N) is 4. The van der Waals surface area contributed by atoms with Crippen molar-refractivity contribution in [1.29, 1.82) is 0 Å². The lowest BCUT2D eigenvalue weighted by Gasteiger charge is -2.32. The minimum Gasteiger partial charge on any atom is -0.453 e. The zero-order valence-electron chi connectivity index (χ0n) is 22.2. The maximum Gasteiger partial charge on any atom is 0.413 e. The molecule has 204 valence electrons. The predicted octanol–water partition coefficient (Wildman–Crippen LogP) is 5.05. The standard InChI is InChI=1S/C26H34N6O4S2/c1-15-6-5-7-20-21(15)29-22(19-8-9-19)30-23(20)27-16(2)14-18-10-12-32(13-11-18)38(34,35)24-17(3)28-25(37-24)31-26(33)36-4/h5-7,16,18-19H,8-14H2,1-4H3,(H,27,29,30)(H,28,31,33)/t16-/m0/s1. The first-order chi connectivity index (χ1) is 18.2. The normalized spacial score (nSPS) is 17.9. The second-order valence-corrected chi connectivity index (χ2v) is 13.4. The number of anilines is 2. The minimum absolute atomic E-state index is 0.162. The topological polar surface area (TPSA) is 126 Å². The number of amides is 1. The number of benzene rings is 1. The van der Waals surface area contributed by atoms with Crippen molar-refractivity contribution >= 4 is 49.3 Å². The van der Waals surface area contributed by atoms with Gasteiger partial charge in [0.2, 0.25) is 0 Å². The van der Waals surface area contributed by atoms with E-state index in [2.05, 4.69) is 46.3 Å². The molecule has 0 radical (unpaired) electrons. The number of rotatable bonds is 8. The maximum atomic E-state index is 13.3. The number of methoxy groups -OCH3 is 1. The van der Waals surface area contributed by atoms with Gasteiger partial charge in [-0.05, 0) is 70.4 Å². The van der Waals surface area contributed by atoms with Crippen LogP contribution in [-0.4, -0.2) is 60.0 Å². The zero-order chi connectivity index (χ0) is 27.0. The van der Waals surface area contributed by atoms with Crippen molar-refractivity contribution in [2.24, 2.45) is 5.92 Å². The molecule has 2 aromatic heterocycles. The molecule has 0 spiro atoms. The van der Waals surface area contributed by atoms with Crippen LogP contribution in [0.2, 0.25) is 0 Å². The Hall–Kier alpha value is -2.83. The molecular weight excluding hydrogens is 524 g/mol. The molecule has 0 unspecified atom stereocenters. The number of aromatic nitrogens is 3. The Morgan fingerprint density at radius 2 is 1.89 bits per heavy atom. The Morgan fingerprint density at radius 1 is 1.16 bits per heavy atom. The number of carbonyl (C=O) groups is 1. The van der Waals surface area contributed by atoms with Crippen molar-refractivity contribution in [2.45, 2.75) is 69.0 Å². The molecule has 1 aliphatic carbocycles. The van der Waals surface area contributed by atoms with Crippen molar-refractivity contribution in [3.8, 4) is 0 Å². The second kappa shape index (κ2) is 10.7. The summed E-state index contributed by atoms with van der Waals surface area (Å²) in [6, 6.07) is 6.39. The fourth-order valence-electron chi connectivity index (χ4n) is 5.06. The van der Waals surface area contributed by atoms with Crippen LogP contribution in [0, 0.1) is 19.8 Å². The Bertz CT molecular complexity index is 1450. The molecule has 1 aromatic carbocycles. The molecule has 1 saturated carbocycles. The number of para-hydroxylation sites is 1. The van der Waals surface area contributed by atoms with Crippen LogP contribution in [-0.2, 0) is 14.8 Å². The van der Waals surface area contributed by atoms with Crippen molar-refractivity contribution in [3.63, 3.8) is 0 Å². The quantitative estimate of drug-likeness (QED) is 0.393. The number of hydrogen-bond acceptors (Lipinski definition) is 9. The van der Waals surface area contributed by atoms with E-state index in [4.69, 9.17) is 9.97 Å². The molecular formula is C26H34N6O4S2. The van der Waals surface area contributed by atoms with Gasteiger partial charge < -0.3 is 10.1 Å². The summed E-state index contributed by atoms with van der Waals surface area (Å²) in [5.41, 5.74) is 2.54. The molecule has 2 fully saturated rings. The van der Waals surface area contributed by atoms with E-state index < -0.39 is 16.1 Å². The molecule has 1 saturated heterocycles. The van der Waals surface area contributed by atoms with Crippen LogP contribution in [0.5, 0.6) is 0 Å². The van der Waals surface area contributed by atoms with Crippen molar-refractivity contribution in [2.75, 3.05) is 30.8 Å². The molecule has 1 amide bonds. The van der Waals surface area contributed by atoms with E-state index in [1.807, 2.05) is 6.07 Å². The van der Waals surface area contributed by atoms with E-state index in [0.717, 1.165) is 71.5 Å². The lowest BCUT2D eigenvalue weighted by atomic mass is 9.91. The van der Waals surface area contributed by atoms with Gasteiger partial charge in [0.25, 0.3) is 10.0 Å². The number of piperidine rings is 1. The first kappa shape index (κ1) is 26.8. The van der Waals surface area contributed by atoms with Gasteiger partial charge >= 0.3 is 6.09 Å². The number of sulfonamides is 1. The molecule has 12 heteroatoms. The smallest absolute Gasteiger partial charge is 0.413 e. The fraction of sp³-hybridized carbons (Fsp3) is 0.538. The summed E-state index contributed by atoms with van der Waals surface area (Å²) in [5, 5.41) is 7.35. The highest BCUT2D eigenvalue weighted by Gasteiger charge is 2.33. The molecule has 10 nitrogen and oxygen atoms in total. The van der Waals surface area contributed by atoms with Crippen LogP contribution in [0.15, 0.2) is 22.4 Å². The van der Waals surface area contributed by atoms with E-state index >= 15 is 0 Å². The summed E-state index contributed by atoms with van der Waals surface area (Å²) < 4.78 is 32.9. The SMILES string of the molecule is COC(=O)Nc1nc(C)c(S(=O)(=O)N2CCC(C[C@H](C)Nc3nc(C4CC4)nc4c(C)cccc34)CC2)s1. The highest BCUT2D eigenvalue weighted by molar-refractivity contribution is 7.91. The van der Waals surface area contributed by atoms with Crippen molar-refractivity contribution in [1.82, 2.24) is 19.3 Å². The number of ether oxygens (including phenoxy) is 1. The van der Waals surface area contributed by atoms with Crippen LogP contribution in [0.4, 0.5) is 15.7 Å². The molecule has 1 aliphatic heterocycles. The van der Waals surface area contributed by atoms with Gasteiger partial charge in [0.15, 0.2) is 9.34 Å². The van der Waals surface area contributed by atoms with Crippen LogP contribution in [0.1, 0.15) is 62.0 Å². The number of nitrogens with one attached hydrogen (secondary N) is 2. The van der Waals surface area contributed by atoms with Crippen LogP contribution in [0.3, 0.4) is 0 Å². The molecule has 0 bridgehead atoms. The van der Waals surface area contributed by atoms with E-state index in [1.165, 1.54) is 11.4 Å². The van der Waals surface area contributed by atoms with Gasteiger partial charge in [0.05, 0.1) is 18.3 Å². The average Bonchev–Trinajstić information content (AvgIpc) is 3.67. The predicted molar refractivity (Wildman–Crippen MR) is 148 cm³/mol. The first-order valence-electron chi connectivity index (χ1n) is 13.0. The summed E-state index contributed by atoms with van der Waals surface area (Å²) in [7, 11) is -2.44. The third-order valence-electron chi connectivity index (χ3n) is 7.25. The van der Waals surface area contributed by atoms with Gasteiger partial charge in [0.1, 0.15) is 11.6 Å². The second-order valence-electron chi connectivity index (χ2n) is 10.3. The lowest BCUT2D eigenvalue weighted by Crippen LogP contribution is -2.39. The van der Waals surface area contributed by atoms with Crippen LogP contribution >= 0.6 is 11.3 Å². The fourth-order valence-corrected chi connectivity index (χ4v) is 8.06. The highest BCUT2D eigenvalue weighted by Crippen LogP contribution is 2.40. The van der Waals surface area contributed by atoms with Crippen molar-refractivity contribution < 1.29 is 17.9 Å². The number of fused-ring (bicyclic) bond motifs is 1. The summed E-state index contributed by atoms with van der Waals surface area (Å²) >= 11 is 0.951. The Morgan fingerprint density at radius 3 is 2.58 bits per heavy atom. The largest absolute Gasteiger partial charge is 0.453 e. The Labute approximate surface area is 227 Å². The van der Waals surface area contributed by atoms with Crippen LogP contribution < -0.4 is 10.6 Å². The maximum absolute atomic E-state index is 13.3. The van der Waals surface area contributed by atoms with E-state index in [1.54, 1.807) is 6.92 Å². The average molecular weight is 559 g/mol. The summed E-state index contributed by atoms with van der Waals surface area (Å²) in [5.74, 6) is 2.70. The number of carbonyl (C=O) groups excluding carboxylic acids is 1. The first-order valence-corrected chi connectivity index (χ1v) is 15.3. The van der Waals surface area contributed by atoms with Crippen molar-refractivity contribution in [3.05, 3.63) is 35.3 Å². The molecule has 1 atom stereocenters. The van der Waals surface area contributed by atoms with Gasteiger partial charge in [-0.15, -0.1) is 0 Å². The molecule has 3 heterocycles. The van der Waals surface area contributed by atoms with Crippen LogP contribution in [0.25, 0.3) is 10.9 Å². The third kappa shape index (κ3) is 5.62. The zero-order valence-corrected chi connectivity index (χ0v) is 23.8. The van der Waals surface area contributed by atoms with E-state index in [-0.39, 0.29) is 15.4 Å². The van der Waals surface area contributed by atoms with E-state index in [0.29, 0.717) is 30.6 Å². The lowest BCUT2D eigenvalue weighted by molar-refractivity contribution is 0.187. The van der Waals surface area contributed by atoms with Gasteiger partial charge in [-0.1, -0.05) is 23.5 Å². The molecule has 5 rings (SSSR count). The summed E-state index contributed by atoms with van der Waals surface area (Å²) in [4.78, 5) is 25.4. The molecule has 2 aliphatic rings. The van der Waals surface area contributed by atoms with Gasteiger partial charge in [0, 0.05) is 30.4 Å². The number of aryl methyl sites for hydroxylation is 2. The van der Waals surface area contributed by atoms with Gasteiger partial charge in [-0.2, -0.15) is 4.31 Å². The van der Waals surface area contributed by atoms with E-state index in [9.17, 15) is 13.2 Å². The minimum atomic E-state index is -3.69. The summed E-state index contributed by atoms with van der Waals surface area (Å²) in [6.07, 6.45) is 4.12. The molecule has 2 N–H and O–H groups in total. The number of hydrogen-bond donors (Lipinski definition) is 2. The van der Waals surface area contributed by atoms with Gasteiger partial charge in [-0.25, -0.2) is 28.2 Å². The summed E-state index contributed by atoms with van der Waals surface area (Å²) in [6.45, 7) is 6.81. The Kier molecular flexibility index (Phi) is 7.56. The molecule has 38 heavy (non-hydrogen) atoms. The number of thiazole rings is 1. The highest BCUT2D eigenvalue weighted by atomic mass is 32.2. The third-order valence-corrected chi connectivity index (χ3v) is 10.8. The Balaban J connectivity index is 1.22.